The standard InChI is InChI=1S/C41H59N3O10/c1-5-8-23-50-40(48)44(4)35-27-33(43-54-36-17-11-14-24-49-36)31-25-28(15-9-12-20-45)30(16-10-13-21-46)37-32-26-29(52-39(47)42-7-3)18-19-34(32)53-41(35,38(31)37)51-22-6-2/h5-6,18-19,25-26,28,30,35-38,45-46H,1-2,7-17,20-24,27H2,3-4H3,(H,42,47). The summed E-state index contributed by atoms with van der Waals surface area (Å²) in [4.78, 5) is 34.1. The van der Waals surface area contributed by atoms with E-state index in [1.54, 1.807) is 31.3 Å². The number of aliphatic hydroxyl groups is 2. The van der Waals surface area contributed by atoms with Gasteiger partial charge in [0.1, 0.15) is 17.5 Å². The summed E-state index contributed by atoms with van der Waals surface area (Å²) in [6.45, 7) is 11.0. The summed E-state index contributed by atoms with van der Waals surface area (Å²) in [5.74, 6) is -1.20. The highest BCUT2D eigenvalue weighted by Gasteiger charge is 2.65. The van der Waals surface area contributed by atoms with E-state index in [4.69, 9.17) is 33.7 Å². The lowest BCUT2D eigenvalue weighted by Gasteiger charge is -2.59. The van der Waals surface area contributed by atoms with E-state index in [0.717, 1.165) is 56.1 Å². The molecule has 0 spiro atoms. The van der Waals surface area contributed by atoms with Gasteiger partial charge in [-0.25, -0.2) is 9.59 Å². The summed E-state index contributed by atoms with van der Waals surface area (Å²) in [7, 11) is 1.69. The van der Waals surface area contributed by atoms with Gasteiger partial charge in [-0.3, -0.25) is 0 Å². The number of aliphatic hydroxyl groups excluding tert-OH is 2. The van der Waals surface area contributed by atoms with Gasteiger partial charge in [-0.1, -0.05) is 36.2 Å². The monoisotopic (exact) mass is 753 g/mol. The van der Waals surface area contributed by atoms with Gasteiger partial charge in [0, 0.05) is 51.1 Å². The molecule has 0 radical (unpaired) electrons. The molecule has 7 unspecified atom stereocenters. The van der Waals surface area contributed by atoms with Crippen LogP contribution in [0.5, 0.6) is 11.5 Å². The number of nitrogens with one attached hydrogen (secondary N) is 1. The smallest absolute Gasteiger partial charge is 0.412 e. The first kappa shape index (κ1) is 41.3. The van der Waals surface area contributed by atoms with Crippen LogP contribution in [-0.2, 0) is 19.0 Å². The van der Waals surface area contributed by atoms with Crippen LogP contribution in [0.1, 0.15) is 89.0 Å². The van der Waals surface area contributed by atoms with E-state index in [2.05, 4.69) is 24.6 Å². The fourth-order valence-electron chi connectivity index (χ4n) is 8.45. The summed E-state index contributed by atoms with van der Waals surface area (Å²) in [5, 5.41) is 27.1. The number of nitrogens with zero attached hydrogens (tertiary/aromatic N) is 2. The maximum Gasteiger partial charge on any atom is 0.412 e. The summed E-state index contributed by atoms with van der Waals surface area (Å²) >= 11 is 0. The second-order valence-corrected chi connectivity index (χ2v) is 14.4. The van der Waals surface area contributed by atoms with Crippen molar-refractivity contribution in [2.24, 2.45) is 22.9 Å². The number of oxime groups is 1. The number of rotatable bonds is 19. The van der Waals surface area contributed by atoms with Crippen LogP contribution in [0.3, 0.4) is 0 Å². The predicted octanol–water partition coefficient (Wildman–Crippen LogP) is 6.60. The largest absolute Gasteiger partial charge is 0.459 e. The Balaban J connectivity index is 1.72. The topological polar surface area (TPSA) is 158 Å². The lowest BCUT2D eigenvalue weighted by molar-refractivity contribution is -0.254. The molecule has 0 bridgehead atoms. The van der Waals surface area contributed by atoms with Crippen molar-refractivity contribution in [2.75, 3.05) is 46.6 Å². The fraction of sp³-hybridized carbons (Fsp3) is 0.634. The van der Waals surface area contributed by atoms with E-state index in [0.29, 0.717) is 49.6 Å². The van der Waals surface area contributed by atoms with Gasteiger partial charge in [-0.15, -0.1) is 13.2 Å². The molecule has 13 heteroatoms. The van der Waals surface area contributed by atoms with Crippen molar-refractivity contribution in [1.82, 2.24) is 10.2 Å². The van der Waals surface area contributed by atoms with Crippen molar-refractivity contribution >= 4 is 17.9 Å². The SMILES string of the molecule is C=CCCOC(=O)N(C)C1CC(=NOC2CCCCO2)C2=CC(CCCCO)C(CCCCO)C3c4cc(OC(=O)NCC)ccc4OC1(OCC=C)C23. The molecule has 5 rings (SSSR count). The first-order valence-corrected chi connectivity index (χ1v) is 19.6. The summed E-state index contributed by atoms with van der Waals surface area (Å²) in [6.07, 6.45) is 11.9. The van der Waals surface area contributed by atoms with E-state index in [9.17, 15) is 19.8 Å². The number of carbonyl (C=O) groups excluding carboxylic acids is 2. The Morgan fingerprint density at radius 2 is 1.91 bits per heavy atom. The quantitative estimate of drug-likeness (QED) is 0.0799. The van der Waals surface area contributed by atoms with E-state index in [1.165, 1.54) is 4.90 Å². The van der Waals surface area contributed by atoms with Gasteiger partial charge < -0.3 is 49.0 Å². The lowest BCUT2D eigenvalue weighted by Crippen LogP contribution is -2.69. The van der Waals surface area contributed by atoms with E-state index < -0.39 is 36.2 Å². The molecular formula is C41H59N3O10. The third kappa shape index (κ3) is 9.47. The number of benzene rings is 1. The average Bonchev–Trinajstić information content (AvgIpc) is 3.18. The van der Waals surface area contributed by atoms with E-state index >= 15 is 0 Å². The number of amides is 2. The molecule has 3 N–H and O–H groups in total. The highest BCUT2D eigenvalue weighted by atomic mass is 16.8. The Kier molecular flexibility index (Phi) is 15.4. The Bertz CT molecular complexity index is 1490. The van der Waals surface area contributed by atoms with Crippen molar-refractivity contribution in [3.63, 3.8) is 0 Å². The number of ether oxygens (including phenoxy) is 5. The molecule has 1 saturated carbocycles. The molecule has 2 amide bonds. The minimum atomic E-state index is -1.42. The average molecular weight is 754 g/mol. The number of fused-ring (bicyclic) bond motifs is 2. The third-order valence-corrected chi connectivity index (χ3v) is 10.9. The Labute approximate surface area is 319 Å². The van der Waals surface area contributed by atoms with Gasteiger partial charge in [0.15, 0.2) is 0 Å². The number of likely N-dealkylation sites (N-methyl/N-ethyl adjacent to an activating group) is 1. The third-order valence-electron chi connectivity index (χ3n) is 10.9. The molecule has 2 fully saturated rings. The van der Waals surface area contributed by atoms with Crippen molar-refractivity contribution in [1.29, 1.82) is 0 Å². The number of unbranched alkanes of at least 4 members (excludes halogenated alkanes) is 2. The Morgan fingerprint density at radius 1 is 1.11 bits per heavy atom. The first-order valence-electron chi connectivity index (χ1n) is 19.6. The number of hydrogen-bond acceptors (Lipinski definition) is 11. The molecule has 1 saturated heterocycles. The fourth-order valence-corrected chi connectivity index (χ4v) is 8.45. The second kappa shape index (κ2) is 20.1. The van der Waals surface area contributed by atoms with Gasteiger partial charge in [-0.05, 0) is 87.5 Å². The second-order valence-electron chi connectivity index (χ2n) is 14.4. The minimum Gasteiger partial charge on any atom is -0.459 e. The normalized spacial score (nSPS) is 27.7. The molecule has 4 aliphatic rings. The predicted molar refractivity (Wildman–Crippen MR) is 203 cm³/mol. The number of hydrogen-bond donors (Lipinski definition) is 3. The summed E-state index contributed by atoms with van der Waals surface area (Å²) in [5.41, 5.74) is 2.41. The molecule has 2 heterocycles. The molecule has 54 heavy (non-hydrogen) atoms. The highest BCUT2D eigenvalue weighted by molar-refractivity contribution is 6.03. The molecule has 13 nitrogen and oxygen atoms in total. The highest BCUT2D eigenvalue weighted by Crippen LogP contribution is 2.61. The molecule has 298 valence electrons. The van der Waals surface area contributed by atoms with Crippen LogP contribution in [0.15, 0.2) is 60.3 Å². The van der Waals surface area contributed by atoms with Crippen LogP contribution in [0, 0.1) is 17.8 Å². The van der Waals surface area contributed by atoms with E-state index in [1.807, 2.05) is 13.0 Å². The van der Waals surface area contributed by atoms with Crippen LogP contribution in [-0.4, -0.2) is 97.8 Å². The summed E-state index contributed by atoms with van der Waals surface area (Å²) in [6, 6.07) is 4.65. The number of carbonyl (C=O) groups is 2. The zero-order chi connectivity index (χ0) is 38.5. The maximum atomic E-state index is 13.8. The van der Waals surface area contributed by atoms with Crippen molar-refractivity contribution in [3.05, 3.63) is 60.7 Å². The molecule has 1 aromatic rings. The van der Waals surface area contributed by atoms with Crippen molar-refractivity contribution in [3.8, 4) is 11.5 Å². The van der Waals surface area contributed by atoms with Crippen LogP contribution in [0.25, 0.3) is 0 Å². The molecule has 0 aromatic heterocycles. The maximum absolute atomic E-state index is 13.8. The van der Waals surface area contributed by atoms with Crippen molar-refractivity contribution in [2.45, 2.75) is 102 Å². The molecule has 2 aliphatic heterocycles. The van der Waals surface area contributed by atoms with Crippen LogP contribution >= 0.6 is 0 Å². The van der Waals surface area contributed by atoms with Crippen LogP contribution < -0.4 is 14.8 Å². The van der Waals surface area contributed by atoms with Gasteiger partial charge in [0.25, 0.3) is 0 Å². The van der Waals surface area contributed by atoms with Crippen LogP contribution in [0.2, 0.25) is 0 Å². The number of allylic oxidation sites excluding steroid dienone is 1. The molecular weight excluding hydrogens is 694 g/mol. The Hall–Kier alpha value is -3.91. The zero-order valence-corrected chi connectivity index (χ0v) is 31.9. The zero-order valence-electron chi connectivity index (χ0n) is 31.9. The molecule has 7 atom stereocenters. The molecule has 2 aliphatic carbocycles. The lowest BCUT2D eigenvalue weighted by atomic mass is 9.55. The first-order chi connectivity index (χ1) is 26.3. The van der Waals surface area contributed by atoms with Gasteiger partial charge in [0.05, 0.1) is 31.5 Å². The minimum absolute atomic E-state index is 0.0190. The van der Waals surface area contributed by atoms with Crippen LogP contribution in [0.4, 0.5) is 9.59 Å². The summed E-state index contributed by atoms with van der Waals surface area (Å²) < 4.78 is 31.3. The van der Waals surface area contributed by atoms with Gasteiger partial charge in [-0.2, -0.15) is 0 Å². The van der Waals surface area contributed by atoms with Gasteiger partial charge in [0.2, 0.25) is 12.1 Å². The molecule has 1 aromatic carbocycles. The van der Waals surface area contributed by atoms with Gasteiger partial charge >= 0.3 is 12.2 Å². The van der Waals surface area contributed by atoms with Crippen molar-refractivity contribution < 1.29 is 48.3 Å². The van der Waals surface area contributed by atoms with E-state index in [-0.39, 0.29) is 50.6 Å². The Morgan fingerprint density at radius 3 is 2.61 bits per heavy atom.